The fourth-order valence-electron chi connectivity index (χ4n) is 3.45. The number of morpholine rings is 1. The summed E-state index contributed by atoms with van der Waals surface area (Å²) in [7, 11) is 1.37. The largest absolute Gasteiger partial charge is 0.465 e. The molecule has 3 aromatic rings. The highest BCUT2D eigenvalue weighted by atomic mass is 35.5. The fourth-order valence-corrected chi connectivity index (χ4v) is 3.65. The van der Waals surface area contributed by atoms with Crippen LogP contribution in [-0.4, -0.2) is 48.8 Å². The van der Waals surface area contributed by atoms with Gasteiger partial charge in [0.15, 0.2) is 0 Å². The lowest BCUT2D eigenvalue weighted by Crippen LogP contribution is -2.44. The molecule has 2 aromatic heterocycles. The number of nitrogens with one attached hydrogen (secondary N) is 1. The average molecular weight is 386 g/mol. The molecule has 140 valence electrons. The maximum Gasteiger partial charge on any atom is 0.337 e. The number of pyridine rings is 1. The zero-order valence-corrected chi connectivity index (χ0v) is 15.9. The van der Waals surface area contributed by atoms with Crippen molar-refractivity contribution in [3.63, 3.8) is 0 Å². The van der Waals surface area contributed by atoms with Crippen molar-refractivity contribution in [3.8, 4) is 11.3 Å². The average Bonchev–Trinajstić information content (AvgIpc) is 3.15. The van der Waals surface area contributed by atoms with Crippen LogP contribution in [-0.2, 0) is 9.47 Å². The van der Waals surface area contributed by atoms with E-state index in [1.807, 2.05) is 24.4 Å². The van der Waals surface area contributed by atoms with E-state index in [0.29, 0.717) is 29.5 Å². The number of hydrogen-bond donors (Lipinski definition) is 1. The van der Waals surface area contributed by atoms with Gasteiger partial charge in [0.2, 0.25) is 0 Å². The molecule has 0 bridgehead atoms. The smallest absolute Gasteiger partial charge is 0.337 e. The normalized spacial score (nSPS) is 17.3. The number of carbonyl (C=O) groups excluding carboxylic acids is 1. The second kappa shape index (κ2) is 7.21. The molecule has 3 heterocycles. The maximum absolute atomic E-state index is 12.1. The first kappa shape index (κ1) is 17.8. The maximum atomic E-state index is 12.1. The van der Waals surface area contributed by atoms with Crippen LogP contribution >= 0.6 is 11.6 Å². The summed E-state index contributed by atoms with van der Waals surface area (Å²) >= 11 is 6.42. The van der Waals surface area contributed by atoms with Crippen LogP contribution in [0, 0.1) is 0 Å². The SMILES string of the molecule is COC(=O)c1cc(-c2cc(Cl)cc(N3CCOCC3C)n2)c2cc[nH]c2c1. The van der Waals surface area contributed by atoms with E-state index < -0.39 is 5.97 Å². The topological polar surface area (TPSA) is 67.4 Å². The number of fused-ring (bicyclic) bond motifs is 1. The zero-order chi connectivity index (χ0) is 19.0. The van der Waals surface area contributed by atoms with Crippen molar-refractivity contribution in [2.75, 3.05) is 31.8 Å². The van der Waals surface area contributed by atoms with E-state index in [4.69, 9.17) is 26.1 Å². The third kappa shape index (κ3) is 3.38. The Labute approximate surface area is 162 Å². The number of esters is 1. The van der Waals surface area contributed by atoms with Gasteiger partial charge in [0.25, 0.3) is 0 Å². The Kier molecular flexibility index (Phi) is 4.76. The molecule has 27 heavy (non-hydrogen) atoms. The fraction of sp³-hybridized carbons (Fsp3) is 0.300. The molecular weight excluding hydrogens is 366 g/mol. The number of nitrogens with zero attached hydrogens (tertiary/aromatic N) is 2. The van der Waals surface area contributed by atoms with Crippen LogP contribution in [0.15, 0.2) is 36.5 Å². The summed E-state index contributed by atoms with van der Waals surface area (Å²) in [5, 5.41) is 1.57. The first-order valence-corrected chi connectivity index (χ1v) is 9.16. The first-order valence-electron chi connectivity index (χ1n) is 8.78. The number of methoxy groups -OCH3 is 1. The highest BCUT2D eigenvalue weighted by Gasteiger charge is 2.22. The van der Waals surface area contributed by atoms with Crippen LogP contribution in [0.3, 0.4) is 0 Å². The van der Waals surface area contributed by atoms with Crippen molar-refractivity contribution in [3.05, 3.63) is 47.1 Å². The Morgan fingerprint density at radius 1 is 1.37 bits per heavy atom. The van der Waals surface area contributed by atoms with Crippen LogP contribution in [0.5, 0.6) is 0 Å². The van der Waals surface area contributed by atoms with Gasteiger partial charge in [-0.15, -0.1) is 0 Å². The molecule has 1 atom stereocenters. The van der Waals surface area contributed by atoms with Gasteiger partial charge < -0.3 is 19.4 Å². The molecule has 1 saturated heterocycles. The van der Waals surface area contributed by atoms with E-state index in [0.717, 1.165) is 28.8 Å². The number of hydrogen-bond acceptors (Lipinski definition) is 5. The summed E-state index contributed by atoms with van der Waals surface area (Å²) in [4.78, 5) is 22.3. The van der Waals surface area contributed by atoms with Gasteiger partial charge in [0.1, 0.15) is 5.82 Å². The van der Waals surface area contributed by atoms with E-state index in [2.05, 4.69) is 16.8 Å². The lowest BCUT2D eigenvalue weighted by molar-refractivity contribution is 0.0601. The van der Waals surface area contributed by atoms with Crippen molar-refractivity contribution in [1.29, 1.82) is 0 Å². The number of anilines is 1. The molecule has 4 rings (SSSR count). The van der Waals surface area contributed by atoms with Gasteiger partial charge in [-0.1, -0.05) is 11.6 Å². The molecule has 1 unspecified atom stereocenters. The minimum Gasteiger partial charge on any atom is -0.465 e. The van der Waals surface area contributed by atoms with Crippen molar-refractivity contribution >= 4 is 34.3 Å². The Hall–Kier alpha value is -2.57. The van der Waals surface area contributed by atoms with E-state index in [-0.39, 0.29) is 6.04 Å². The molecule has 6 nitrogen and oxygen atoms in total. The lowest BCUT2D eigenvalue weighted by Gasteiger charge is -2.34. The minimum absolute atomic E-state index is 0.214. The third-order valence-corrected chi connectivity index (χ3v) is 5.02. The number of rotatable bonds is 3. The predicted octanol–water partition coefficient (Wildman–Crippen LogP) is 3.90. The quantitative estimate of drug-likeness (QED) is 0.692. The lowest BCUT2D eigenvalue weighted by atomic mass is 10.0. The number of aromatic nitrogens is 2. The van der Waals surface area contributed by atoms with Gasteiger partial charge in [-0.05, 0) is 37.3 Å². The van der Waals surface area contributed by atoms with E-state index in [1.165, 1.54) is 7.11 Å². The van der Waals surface area contributed by atoms with Crippen molar-refractivity contribution in [2.45, 2.75) is 13.0 Å². The second-order valence-electron chi connectivity index (χ2n) is 6.60. The summed E-state index contributed by atoms with van der Waals surface area (Å²) in [6, 6.07) is 9.44. The van der Waals surface area contributed by atoms with Crippen LogP contribution in [0.25, 0.3) is 22.2 Å². The van der Waals surface area contributed by atoms with E-state index in [1.54, 1.807) is 12.1 Å². The Bertz CT molecular complexity index is 1000. The molecule has 1 aromatic carbocycles. The Morgan fingerprint density at radius 2 is 2.22 bits per heavy atom. The number of benzene rings is 1. The molecule has 1 aliphatic rings. The highest BCUT2D eigenvalue weighted by molar-refractivity contribution is 6.31. The zero-order valence-electron chi connectivity index (χ0n) is 15.2. The molecule has 0 radical (unpaired) electrons. The molecule has 7 heteroatoms. The Morgan fingerprint density at radius 3 is 3.00 bits per heavy atom. The molecule has 0 spiro atoms. The van der Waals surface area contributed by atoms with Crippen molar-refractivity contribution in [1.82, 2.24) is 9.97 Å². The standard InChI is InChI=1S/C20H20ClN3O3/c1-12-11-27-6-5-24(12)19-10-14(21)9-18(23-19)16-7-13(20(25)26-2)8-17-15(16)3-4-22-17/h3-4,7-10,12,22H,5-6,11H2,1-2H3. The van der Waals surface area contributed by atoms with Crippen LogP contribution in [0.2, 0.25) is 5.02 Å². The monoisotopic (exact) mass is 385 g/mol. The number of aromatic amines is 1. The predicted molar refractivity (Wildman–Crippen MR) is 106 cm³/mol. The number of ether oxygens (including phenoxy) is 2. The third-order valence-electron chi connectivity index (χ3n) is 4.80. The minimum atomic E-state index is -0.392. The number of H-pyrrole nitrogens is 1. The number of halogens is 1. The van der Waals surface area contributed by atoms with Crippen LogP contribution in [0.4, 0.5) is 5.82 Å². The molecule has 1 aliphatic heterocycles. The summed E-state index contributed by atoms with van der Waals surface area (Å²) in [6.07, 6.45) is 1.84. The summed E-state index contributed by atoms with van der Waals surface area (Å²) in [6.45, 7) is 4.18. The molecule has 1 N–H and O–H groups in total. The van der Waals surface area contributed by atoms with Gasteiger partial charge in [0, 0.05) is 34.2 Å². The van der Waals surface area contributed by atoms with Crippen LogP contribution in [0.1, 0.15) is 17.3 Å². The van der Waals surface area contributed by atoms with Gasteiger partial charge in [0.05, 0.1) is 37.6 Å². The molecule has 0 aliphatic carbocycles. The Balaban J connectivity index is 1.86. The van der Waals surface area contributed by atoms with E-state index in [9.17, 15) is 4.79 Å². The first-order chi connectivity index (χ1) is 13.1. The second-order valence-corrected chi connectivity index (χ2v) is 7.04. The summed E-state index contributed by atoms with van der Waals surface area (Å²) < 4.78 is 10.4. The van der Waals surface area contributed by atoms with Crippen LogP contribution < -0.4 is 4.90 Å². The molecule has 0 saturated carbocycles. The van der Waals surface area contributed by atoms with Gasteiger partial charge in [-0.25, -0.2) is 9.78 Å². The summed E-state index contributed by atoms with van der Waals surface area (Å²) in [5.74, 6) is 0.414. The van der Waals surface area contributed by atoms with Gasteiger partial charge in [-0.3, -0.25) is 0 Å². The van der Waals surface area contributed by atoms with E-state index >= 15 is 0 Å². The van der Waals surface area contributed by atoms with Crippen molar-refractivity contribution < 1.29 is 14.3 Å². The summed E-state index contributed by atoms with van der Waals surface area (Å²) in [5.41, 5.74) is 2.85. The molecule has 0 amide bonds. The molecular formula is C20H20ClN3O3. The van der Waals surface area contributed by atoms with Gasteiger partial charge in [-0.2, -0.15) is 0 Å². The van der Waals surface area contributed by atoms with Gasteiger partial charge >= 0.3 is 5.97 Å². The highest BCUT2D eigenvalue weighted by Crippen LogP contribution is 2.33. The molecule has 1 fully saturated rings. The number of carbonyl (C=O) groups is 1. The van der Waals surface area contributed by atoms with Crippen molar-refractivity contribution in [2.24, 2.45) is 0 Å².